The van der Waals surface area contributed by atoms with Crippen molar-refractivity contribution < 1.29 is 27.9 Å². The highest BCUT2D eigenvalue weighted by molar-refractivity contribution is 5.96. The molecule has 0 radical (unpaired) electrons. The monoisotopic (exact) mass is 403 g/mol. The molecule has 4 rings (SSSR count). The summed E-state index contributed by atoms with van der Waals surface area (Å²) in [5.41, 5.74) is 0.486. The summed E-state index contributed by atoms with van der Waals surface area (Å²) < 4.78 is 36.7. The van der Waals surface area contributed by atoms with Crippen LogP contribution in [0.1, 0.15) is 31.2 Å². The molecule has 0 saturated heterocycles. The zero-order valence-corrected chi connectivity index (χ0v) is 16.4. The van der Waals surface area contributed by atoms with Gasteiger partial charge >= 0.3 is 6.61 Å². The van der Waals surface area contributed by atoms with Crippen molar-refractivity contribution in [2.24, 2.45) is 0 Å². The molecule has 0 spiro atoms. The number of alkyl halides is 2. The number of benzene rings is 2. The first-order valence-electron chi connectivity index (χ1n) is 9.84. The molecule has 29 heavy (non-hydrogen) atoms. The smallest absolute Gasteiger partial charge is 0.387 e. The lowest BCUT2D eigenvalue weighted by molar-refractivity contribution is -0.658. The Morgan fingerprint density at radius 3 is 2.34 bits per heavy atom. The van der Waals surface area contributed by atoms with Gasteiger partial charge in [0.15, 0.2) is 6.54 Å². The van der Waals surface area contributed by atoms with E-state index in [1.54, 1.807) is 19.2 Å². The Labute approximate surface area is 168 Å². The van der Waals surface area contributed by atoms with Gasteiger partial charge in [-0.2, -0.15) is 8.78 Å². The number of aliphatic hydroxyl groups is 1. The first-order valence-corrected chi connectivity index (χ1v) is 9.84. The molecule has 0 saturated carbocycles. The predicted molar refractivity (Wildman–Crippen MR) is 106 cm³/mol. The molecule has 0 aromatic heterocycles. The molecule has 0 aliphatic carbocycles. The Morgan fingerprint density at radius 1 is 1.00 bits per heavy atom. The van der Waals surface area contributed by atoms with E-state index in [0.29, 0.717) is 6.54 Å². The van der Waals surface area contributed by atoms with Gasteiger partial charge in [0.05, 0.1) is 13.7 Å². The third-order valence-electron chi connectivity index (χ3n) is 5.66. The Balaban J connectivity index is 1.69. The molecule has 154 valence electrons. The Kier molecular flexibility index (Phi) is 5.41. The average Bonchev–Trinajstić information content (AvgIpc) is 2.87. The summed E-state index contributed by atoms with van der Waals surface area (Å²) in [6.45, 7) is -1.72. The zero-order valence-electron chi connectivity index (χ0n) is 16.4. The van der Waals surface area contributed by atoms with Crippen LogP contribution in [0.3, 0.4) is 0 Å². The number of rotatable bonds is 5. The Bertz CT molecular complexity index is 884. The van der Waals surface area contributed by atoms with Gasteiger partial charge in [0.1, 0.15) is 17.2 Å². The van der Waals surface area contributed by atoms with Crippen molar-refractivity contribution in [3.63, 3.8) is 0 Å². The van der Waals surface area contributed by atoms with Crippen molar-refractivity contribution in [3.05, 3.63) is 54.1 Å². The van der Waals surface area contributed by atoms with Gasteiger partial charge in [0, 0.05) is 12.0 Å². The van der Waals surface area contributed by atoms with Crippen LogP contribution < -0.4 is 14.4 Å². The van der Waals surface area contributed by atoms with Gasteiger partial charge in [-0.1, -0.05) is 0 Å². The van der Waals surface area contributed by atoms with Crippen LogP contribution in [0.25, 0.3) is 0 Å². The van der Waals surface area contributed by atoms with Gasteiger partial charge in [-0.3, -0.25) is 0 Å². The second-order valence-corrected chi connectivity index (χ2v) is 7.38. The fourth-order valence-electron chi connectivity index (χ4n) is 4.22. The molecule has 2 heterocycles. The number of halogens is 2. The van der Waals surface area contributed by atoms with Gasteiger partial charge in [-0.05, 0) is 67.8 Å². The molecule has 0 amide bonds. The van der Waals surface area contributed by atoms with E-state index in [-0.39, 0.29) is 5.75 Å². The lowest BCUT2D eigenvalue weighted by Gasteiger charge is -2.23. The molecule has 2 aliphatic heterocycles. The average molecular weight is 403 g/mol. The molecule has 0 unspecified atom stereocenters. The number of hydrogen-bond acceptors (Lipinski definition) is 4. The Morgan fingerprint density at radius 2 is 1.69 bits per heavy atom. The van der Waals surface area contributed by atoms with Crippen LogP contribution in [0.2, 0.25) is 0 Å². The maximum atomic E-state index is 12.4. The van der Waals surface area contributed by atoms with Gasteiger partial charge < -0.3 is 14.6 Å². The molecule has 1 N–H and O–H groups in total. The van der Waals surface area contributed by atoms with Crippen LogP contribution in [-0.2, 0) is 5.72 Å². The number of nitrogens with zero attached hydrogens (tertiary/aromatic N) is 2. The zero-order chi connectivity index (χ0) is 20.4. The highest BCUT2D eigenvalue weighted by Gasteiger charge is 2.51. The molecule has 5 nitrogen and oxygen atoms in total. The van der Waals surface area contributed by atoms with Crippen molar-refractivity contribution in [1.29, 1.82) is 0 Å². The molecule has 0 bridgehead atoms. The number of ether oxygens (including phenoxy) is 2. The summed E-state index contributed by atoms with van der Waals surface area (Å²) >= 11 is 0. The third kappa shape index (κ3) is 3.79. The van der Waals surface area contributed by atoms with E-state index in [1.807, 2.05) is 24.3 Å². The van der Waals surface area contributed by atoms with Crippen molar-refractivity contribution in [1.82, 2.24) is 0 Å². The third-order valence-corrected chi connectivity index (χ3v) is 5.66. The maximum absolute atomic E-state index is 12.4. The van der Waals surface area contributed by atoms with Crippen LogP contribution in [0.4, 0.5) is 14.5 Å². The van der Waals surface area contributed by atoms with E-state index in [4.69, 9.17) is 4.74 Å². The van der Waals surface area contributed by atoms with Gasteiger partial charge in [0.25, 0.3) is 11.6 Å². The van der Waals surface area contributed by atoms with Crippen LogP contribution in [0, 0.1) is 0 Å². The summed E-state index contributed by atoms with van der Waals surface area (Å²) in [5.74, 6) is 1.92. The summed E-state index contributed by atoms with van der Waals surface area (Å²) in [6.07, 6.45) is 4.02. The molecule has 1 atom stereocenters. The molecule has 0 fully saturated rings. The predicted octanol–water partition coefficient (Wildman–Crippen LogP) is 3.95. The van der Waals surface area contributed by atoms with Gasteiger partial charge in [-0.15, -0.1) is 0 Å². The van der Waals surface area contributed by atoms with E-state index in [9.17, 15) is 13.9 Å². The SMILES string of the molecule is COc1ccc([C@@]2(O)CN(c3ccc(OC(F)F)cc3)C3=[N+]2CCCCC3)cc1. The summed E-state index contributed by atoms with van der Waals surface area (Å²) in [5, 5.41) is 11.8. The minimum atomic E-state index is -2.85. The molecular formula is C22H25F2N2O3+. The largest absolute Gasteiger partial charge is 0.497 e. The highest BCUT2D eigenvalue weighted by Crippen LogP contribution is 2.36. The number of methoxy groups -OCH3 is 1. The van der Waals surface area contributed by atoms with Crippen LogP contribution in [0.15, 0.2) is 48.5 Å². The summed E-state index contributed by atoms with van der Waals surface area (Å²) in [7, 11) is 1.61. The van der Waals surface area contributed by atoms with Crippen molar-refractivity contribution in [3.8, 4) is 11.5 Å². The van der Waals surface area contributed by atoms with E-state index < -0.39 is 12.3 Å². The normalized spacial score (nSPS) is 21.9. The van der Waals surface area contributed by atoms with Crippen LogP contribution >= 0.6 is 0 Å². The second kappa shape index (κ2) is 7.99. The standard InChI is InChI=1S/C22H25F2N2O3/c1-28-18-10-6-16(7-11-18)22(27)15-25(20-5-3-2-4-14-26(20)22)17-8-12-19(13-9-17)29-21(23)24/h6-13,21,27H,2-5,14-15H2,1H3/q+1/t22-/m0/s1. The summed E-state index contributed by atoms with van der Waals surface area (Å²) in [4.78, 5) is 2.09. The van der Waals surface area contributed by atoms with E-state index in [0.717, 1.165) is 55.1 Å². The number of β-amino-alcohol motifs (C(OH)–C–C–N with tert-alkyl or cyclic N) is 1. The molecule has 2 aromatic carbocycles. The highest BCUT2D eigenvalue weighted by atomic mass is 19.3. The fraction of sp³-hybridized carbons (Fsp3) is 0.409. The first-order chi connectivity index (χ1) is 14.0. The van der Waals surface area contributed by atoms with E-state index in [1.165, 1.54) is 12.1 Å². The number of hydrogen-bond donors (Lipinski definition) is 1. The van der Waals surface area contributed by atoms with Gasteiger partial charge in [0.2, 0.25) is 0 Å². The molecule has 2 aliphatic rings. The van der Waals surface area contributed by atoms with Crippen LogP contribution in [0.5, 0.6) is 11.5 Å². The number of amidine groups is 1. The fourth-order valence-corrected chi connectivity index (χ4v) is 4.22. The molecular weight excluding hydrogens is 378 g/mol. The van der Waals surface area contributed by atoms with Crippen molar-refractivity contribution >= 4 is 11.5 Å². The van der Waals surface area contributed by atoms with Crippen molar-refractivity contribution in [2.45, 2.75) is 38.0 Å². The number of anilines is 1. The molecule has 2 aromatic rings. The quantitative estimate of drug-likeness (QED) is 0.768. The minimum Gasteiger partial charge on any atom is -0.497 e. The van der Waals surface area contributed by atoms with Crippen LogP contribution in [-0.4, -0.2) is 42.3 Å². The van der Waals surface area contributed by atoms with Gasteiger partial charge in [-0.25, -0.2) is 9.48 Å². The van der Waals surface area contributed by atoms with Crippen molar-refractivity contribution in [2.75, 3.05) is 25.1 Å². The molecule has 7 heteroatoms. The first kappa shape index (κ1) is 19.6. The Hall–Kier alpha value is -2.67. The topological polar surface area (TPSA) is 44.9 Å². The minimum absolute atomic E-state index is 0.121. The maximum Gasteiger partial charge on any atom is 0.387 e. The van der Waals surface area contributed by atoms with E-state index >= 15 is 0 Å². The summed E-state index contributed by atoms with van der Waals surface area (Å²) in [6, 6.07) is 14.1. The lowest BCUT2D eigenvalue weighted by Crippen LogP contribution is -2.41. The van der Waals surface area contributed by atoms with E-state index in [2.05, 4.69) is 14.2 Å². The lowest BCUT2D eigenvalue weighted by atomic mass is 10.0. The second-order valence-electron chi connectivity index (χ2n) is 7.38.